The van der Waals surface area contributed by atoms with Gasteiger partial charge in [0.05, 0.1) is 16.6 Å². The van der Waals surface area contributed by atoms with Gasteiger partial charge in [-0.2, -0.15) is 0 Å². The molecule has 0 saturated carbocycles. The maximum atomic E-state index is 12.5. The molecule has 0 radical (unpaired) electrons. The molecule has 2 heterocycles. The van der Waals surface area contributed by atoms with Crippen molar-refractivity contribution in [3.8, 4) is 0 Å². The lowest BCUT2D eigenvalue weighted by molar-refractivity contribution is 0.0486. The fourth-order valence-corrected chi connectivity index (χ4v) is 2.87. The van der Waals surface area contributed by atoms with Gasteiger partial charge in [0, 0.05) is 22.6 Å². The number of nitrogens with zero attached hydrogens (tertiary/aromatic N) is 2. The number of ether oxygens (including phenoxy) is 1. The molecule has 0 aliphatic rings. The van der Waals surface area contributed by atoms with E-state index < -0.39 is 0 Å². The Morgan fingerprint density at radius 3 is 2.82 bits per heavy atom. The Bertz CT molecular complexity index is 839. The van der Waals surface area contributed by atoms with Crippen molar-refractivity contribution in [2.75, 3.05) is 27.2 Å². The van der Waals surface area contributed by atoms with E-state index in [1.165, 1.54) is 0 Å². The first-order valence-electron chi connectivity index (χ1n) is 7.08. The third-order valence-corrected chi connectivity index (χ3v) is 4.07. The quantitative estimate of drug-likeness (QED) is 0.667. The molecule has 2 aromatic heterocycles. The van der Waals surface area contributed by atoms with Crippen molar-refractivity contribution in [3.63, 3.8) is 0 Å². The summed E-state index contributed by atoms with van der Waals surface area (Å²) in [6, 6.07) is 11.7. The van der Waals surface area contributed by atoms with Gasteiger partial charge in [-0.1, -0.05) is 28.1 Å². The highest BCUT2D eigenvalue weighted by Crippen LogP contribution is 2.29. The summed E-state index contributed by atoms with van der Waals surface area (Å²) in [5, 5.41) is 0.907. The predicted octanol–water partition coefficient (Wildman–Crippen LogP) is 3.57. The molecule has 0 atom stereocenters. The highest BCUT2D eigenvalue weighted by Gasteiger charge is 2.19. The molecule has 114 valence electrons. The number of halogens is 1. The van der Waals surface area contributed by atoms with Gasteiger partial charge in [-0.25, -0.2) is 4.79 Å². The van der Waals surface area contributed by atoms with E-state index in [9.17, 15) is 4.79 Å². The molecule has 0 fully saturated rings. The van der Waals surface area contributed by atoms with Crippen molar-refractivity contribution in [1.29, 1.82) is 0 Å². The van der Waals surface area contributed by atoms with Gasteiger partial charge in [0.1, 0.15) is 6.61 Å². The summed E-state index contributed by atoms with van der Waals surface area (Å²) in [5.74, 6) is -0.275. The van der Waals surface area contributed by atoms with Crippen LogP contribution in [0.25, 0.3) is 16.4 Å². The van der Waals surface area contributed by atoms with Crippen molar-refractivity contribution in [3.05, 3.63) is 52.6 Å². The Hall–Kier alpha value is -1.85. The SMILES string of the molecule is CN(C)CCOC(=O)c1c2ccc(Br)cc2n2ccccc12. The summed E-state index contributed by atoms with van der Waals surface area (Å²) in [6.45, 7) is 1.09. The number of aromatic nitrogens is 1. The van der Waals surface area contributed by atoms with E-state index in [-0.39, 0.29) is 5.97 Å². The summed E-state index contributed by atoms with van der Waals surface area (Å²) < 4.78 is 8.44. The molecule has 0 aliphatic carbocycles. The average molecular weight is 361 g/mol. The second kappa shape index (κ2) is 6.10. The molecule has 0 saturated heterocycles. The Morgan fingerprint density at radius 1 is 1.23 bits per heavy atom. The molecule has 3 aromatic rings. The number of hydrogen-bond acceptors (Lipinski definition) is 3. The van der Waals surface area contributed by atoms with Gasteiger partial charge in [-0.05, 0) is 38.4 Å². The van der Waals surface area contributed by atoms with Crippen molar-refractivity contribution < 1.29 is 9.53 Å². The van der Waals surface area contributed by atoms with E-state index in [0.29, 0.717) is 18.7 Å². The summed E-state index contributed by atoms with van der Waals surface area (Å²) in [7, 11) is 3.91. The predicted molar refractivity (Wildman–Crippen MR) is 91.4 cm³/mol. The summed E-state index contributed by atoms with van der Waals surface area (Å²) in [6.07, 6.45) is 1.96. The highest BCUT2D eigenvalue weighted by atomic mass is 79.9. The lowest BCUT2D eigenvalue weighted by Crippen LogP contribution is -2.20. The van der Waals surface area contributed by atoms with Crippen LogP contribution in [-0.2, 0) is 4.74 Å². The molecule has 5 heteroatoms. The second-order valence-corrected chi connectivity index (χ2v) is 6.35. The van der Waals surface area contributed by atoms with E-state index in [1.807, 2.05) is 66.0 Å². The molecular weight excluding hydrogens is 344 g/mol. The first-order valence-corrected chi connectivity index (χ1v) is 7.87. The zero-order valence-electron chi connectivity index (χ0n) is 12.5. The lowest BCUT2D eigenvalue weighted by Gasteiger charge is -2.09. The van der Waals surface area contributed by atoms with Crippen molar-refractivity contribution in [2.45, 2.75) is 0 Å². The molecule has 0 bridgehead atoms. The minimum absolute atomic E-state index is 0.275. The van der Waals surface area contributed by atoms with Crippen LogP contribution in [0.1, 0.15) is 10.4 Å². The number of carbonyl (C=O) groups excluding carboxylic acids is 1. The molecular formula is C17H17BrN2O2. The maximum Gasteiger partial charge on any atom is 0.341 e. The second-order valence-electron chi connectivity index (χ2n) is 5.43. The summed E-state index contributed by atoms with van der Waals surface area (Å²) >= 11 is 3.49. The van der Waals surface area contributed by atoms with E-state index in [0.717, 1.165) is 20.9 Å². The van der Waals surface area contributed by atoms with Crippen LogP contribution in [0.2, 0.25) is 0 Å². The first-order chi connectivity index (χ1) is 10.6. The Morgan fingerprint density at radius 2 is 2.05 bits per heavy atom. The number of fused-ring (bicyclic) bond motifs is 3. The number of likely N-dealkylation sites (N-methyl/N-ethyl adjacent to an activating group) is 1. The van der Waals surface area contributed by atoms with Crippen molar-refractivity contribution >= 4 is 38.3 Å². The van der Waals surface area contributed by atoms with Crippen molar-refractivity contribution in [2.24, 2.45) is 0 Å². The standard InChI is InChI=1S/C17H17BrN2O2/c1-19(2)9-10-22-17(21)16-13-7-6-12(18)11-15(13)20-8-4-3-5-14(16)20/h3-8,11H,9-10H2,1-2H3. The van der Waals surface area contributed by atoms with Crippen LogP contribution in [0.15, 0.2) is 47.1 Å². The van der Waals surface area contributed by atoms with Crippen LogP contribution in [0.4, 0.5) is 0 Å². The van der Waals surface area contributed by atoms with Crippen LogP contribution < -0.4 is 0 Å². The third kappa shape index (κ3) is 2.74. The van der Waals surface area contributed by atoms with Gasteiger partial charge in [-0.15, -0.1) is 0 Å². The lowest BCUT2D eigenvalue weighted by atomic mass is 10.1. The van der Waals surface area contributed by atoms with E-state index in [4.69, 9.17) is 4.74 Å². The molecule has 0 spiro atoms. The zero-order chi connectivity index (χ0) is 15.7. The maximum absolute atomic E-state index is 12.5. The van der Waals surface area contributed by atoms with Crippen LogP contribution in [0.3, 0.4) is 0 Å². The third-order valence-electron chi connectivity index (χ3n) is 3.58. The van der Waals surface area contributed by atoms with E-state index in [1.54, 1.807) is 0 Å². The largest absolute Gasteiger partial charge is 0.461 e. The van der Waals surface area contributed by atoms with Crippen LogP contribution in [0.5, 0.6) is 0 Å². The monoisotopic (exact) mass is 360 g/mol. The van der Waals surface area contributed by atoms with E-state index in [2.05, 4.69) is 15.9 Å². The number of carbonyl (C=O) groups is 1. The Kier molecular flexibility index (Phi) is 4.18. The minimum Gasteiger partial charge on any atom is -0.461 e. The molecule has 0 aliphatic heterocycles. The number of hydrogen-bond donors (Lipinski definition) is 0. The number of benzene rings is 1. The van der Waals surface area contributed by atoms with Gasteiger partial charge in [0.15, 0.2) is 0 Å². The molecule has 4 nitrogen and oxygen atoms in total. The fourth-order valence-electron chi connectivity index (χ4n) is 2.52. The molecule has 0 N–H and O–H groups in total. The van der Waals surface area contributed by atoms with Gasteiger partial charge in [0.25, 0.3) is 0 Å². The van der Waals surface area contributed by atoms with Crippen LogP contribution >= 0.6 is 15.9 Å². The molecule has 1 aromatic carbocycles. The summed E-state index contributed by atoms with van der Waals surface area (Å²) in [4.78, 5) is 14.5. The Labute approximate surface area is 137 Å². The molecule has 22 heavy (non-hydrogen) atoms. The topological polar surface area (TPSA) is 34.0 Å². The van der Waals surface area contributed by atoms with Gasteiger partial charge < -0.3 is 14.0 Å². The van der Waals surface area contributed by atoms with Gasteiger partial charge in [-0.3, -0.25) is 0 Å². The number of pyridine rings is 1. The van der Waals surface area contributed by atoms with E-state index >= 15 is 0 Å². The molecule has 0 amide bonds. The normalized spacial score (nSPS) is 11.5. The molecule has 3 rings (SSSR count). The average Bonchev–Trinajstić information content (AvgIpc) is 2.80. The van der Waals surface area contributed by atoms with Crippen molar-refractivity contribution in [1.82, 2.24) is 9.30 Å². The zero-order valence-corrected chi connectivity index (χ0v) is 14.1. The Balaban J connectivity index is 2.08. The van der Waals surface area contributed by atoms with Gasteiger partial charge in [0.2, 0.25) is 0 Å². The summed E-state index contributed by atoms with van der Waals surface area (Å²) in [5.41, 5.74) is 2.48. The highest BCUT2D eigenvalue weighted by molar-refractivity contribution is 9.10. The fraction of sp³-hybridized carbons (Fsp3) is 0.235. The van der Waals surface area contributed by atoms with Gasteiger partial charge >= 0.3 is 5.97 Å². The minimum atomic E-state index is -0.275. The smallest absolute Gasteiger partial charge is 0.341 e. The number of esters is 1. The number of rotatable bonds is 4. The van der Waals surface area contributed by atoms with Crippen LogP contribution in [-0.4, -0.2) is 42.5 Å². The molecule has 0 unspecified atom stereocenters. The first kappa shape index (κ1) is 15.1. The van der Waals surface area contributed by atoms with Crippen LogP contribution in [0, 0.1) is 0 Å².